The summed E-state index contributed by atoms with van der Waals surface area (Å²) in [6.45, 7) is 0.481. The number of hydrogen-bond acceptors (Lipinski definition) is 5. The standard InChI is InChI=1S/C13H16N2O3/c1-17-12(18-2)8-15-13-11-7-10(16)4-3-9(11)5-6-14-13/h3-7,12,16H,8H2,1-2H3,(H,14,15). The molecule has 0 amide bonds. The lowest BCUT2D eigenvalue weighted by Crippen LogP contribution is -2.24. The number of phenols is 1. The summed E-state index contributed by atoms with van der Waals surface area (Å²) < 4.78 is 10.2. The first-order valence-electron chi connectivity index (χ1n) is 5.62. The number of anilines is 1. The van der Waals surface area contributed by atoms with Gasteiger partial charge in [0.15, 0.2) is 6.29 Å². The van der Waals surface area contributed by atoms with E-state index in [-0.39, 0.29) is 12.0 Å². The van der Waals surface area contributed by atoms with Gasteiger partial charge in [-0.2, -0.15) is 0 Å². The zero-order chi connectivity index (χ0) is 13.0. The van der Waals surface area contributed by atoms with Crippen molar-refractivity contribution in [2.75, 3.05) is 26.1 Å². The molecule has 0 atom stereocenters. The van der Waals surface area contributed by atoms with E-state index in [0.717, 1.165) is 10.8 Å². The molecule has 1 aromatic carbocycles. The van der Waals surface area contributed by atoms with Crippen LogP contribution in [0.1, 0.15) is 0 Å². The summed E-state index contributed by atoms with van der Waals surface area (Å²) in [5, 5.41) is 14.5. The monoisotopic (exact) mass is 248 g/mol. The minimum Gasteiger partial charge on any atom is -0.508 e. The van der Waals surface area contributed by atoms with Crippen molar-refractivity contribution in [2.45, 2.75) is 6.29 Å². The van der Waals surface area contributed by atoms with Crippen molar-refractivity contribution >= 4 is 16.6 Å². The Morgan fingerprint density at radius 3 is 2.78 bits per heavy atom. The number of hydrogen-bond donors (Lipinski definition) is 2. The van der Waals surface area contributed by atoms with Crippen molar-refractivity contribution in [3.63, 3.8) is 0 Å². The Bertz CT molecular complexity index is 527. The van der Waals surface area contributed by atoms with Crippen LogP contribution >= 0.6 is 0 Å². The summed E-state index contributed by atoms with van der Waals surface area (Å²) in [6, 6.07) is 7.07. The van der Waals surface area contributed by atoms with Gasteiger partial charge < -0.3 is 19.9 Å². The van der Waals surface area contributed by atoms with Gasteiger partial charge in [-0.25, -0.2) is 4.98 Å². The number of aromatic hydroxyl groups is 1. The van der Waals surface area contributed by atoms with E-state index in [1.165, 1.54) is 0 Å². The maximum atomic E-state index is 9.52. The molecular weight excluding hydrogens is 232 g/mol. The molecule has 96 valence electrons. The van der Waals surface area contributed by atoms with Gasteiger partial charge in [-0.3, -0.25) is 0 Å². The van der Waals surface area contributed by atoms with Crippen LogP contribution in [0, 0.1) is 0 Å². The number of rotatable bonds is 5. The topological polar surface area (TPSA) is 63.6 Å². The lowest BCUT2D eigenvalue weighted by molar-refractivity contribution is -0.0914. The van der Waals surface area contributed by atoms with E-state index in [1.807, 2.05) is 12.1 Å². The third kappa shape index (κ3) is 2.69. The highest BCUT2D eigenvalue weighted by Crippen LogP contribution is 2.24. The van der Waals surface area contributed by atoms with Crippen LogP contribution in [0.4, 0.5) is 5.82 Å². The molecule has 5 heteroatoms. The first kappa shape index (κ1) is 12.6. The molecule has 0 aliphatic rings. The molecule has 5 nitrogen and oxygen atoms in total. The maximum absolute atomic E-state index is 9.52. The Labute approximate surface area is 105 Å². The van der Waals surface area contributed by atoms with Gasteiger partial charge in [0.1, 0.15) is 11.6 Å². The van der Waals surface area contributed by atoms with Gasteiger partial charge in [0.05, 0.1) is 6.54 Å². The van der Waals surface area contributed by atoms with Crippen LogP contribution in [0.3, 0.4) is 0 Å². The van der Waals surface area contributed by atoms with Gasteiger partial charge in [-0.15, -0.1) is 0 Å². The van der Waals surface area contributed by atoms with Crippen LogP contribution in [-0.4, -0.2) is 37.1 Å². The van der Waals surface area contributed by atoms with E-state index >= 15 is 0 Å². The Kier molecular flexibility index (Phi) is 3.96. The second kappa shape index (κ2) is 5.66. The number of aromatic nitrogens is 1. The van der Waals surface area contributed by atoms with Gasteiger partial charge in [0, 0.05) is 25.8 Å². The van der Waals surface area contributed by atoms with Crippen molar-refractivity contribution in [1.82, 2.24) is 4.98 Å². The smallest absolute Gasteiger partial charge is 0.173 e. The molecule has 0 saturated carbocycles. The first-order chi connectivity index (χ1) is 8.74. The highest BCUT2D eigenvalue weighted by molar-refractivity contribution is 5.92. The van der Waals surface area contributed by atoms with E-state index in [0.29, 0.717) is 12.4 Å². The molecule has 1 heterocycles. The summed E-state index contributed by atoms with van der Waals surface area (Å²) in [7, 11) is 3.16. The van der Waals surface area contributed by atoms with Gasteiger partial charge >= 0.3 is 0 Å². The average molecular weight is 248 g/mol. The largest absolute Gasteiger partial charge is 0.508 e. The van der Waals surface area contributed by atoms with E-state index < -0.39 is 0 Å². The second-order valence-corrected chi connectivity index (χ2v) is 3.85. The summed E-state index contributed by atoms with van der Waals surface area (Å²) in [6.07, 6.45) is 1.38. The first-order valence-corrected chi connectivity index (χ1v) is 5.62. The minimum absolute atomic E-state index is 0.216. The number of nitrogens with zero attached hydrogens (tertiary/aromatic N) is 1. The van der Waals surface area contributed by atoms with Crippen LogP contribution in [0.5, 0.6) is 5.75 Å². The average Bonchev–Trinajstić information content (AvgIpc) is 2.40. The molecule has 0 bridgehead atoms. The molecule has 0 aliphatic carbocycles. The van der Waals surface area contributed by atoms with Gasteiger partial charge in [0.25, 0.3) is 0 Å². The lowest BCUT2D eigenvalue weighted by atomic mass is 10.1. The fourth-order valence-electron chi connectivity index (χ4n) is 1.74. The number of fused-ring (bicyclic) bond motifs is 1. The van der Waals surface area contributed by atoms with Crippen molar-refractivity contribution < 1.29 is 14.6 Å². The van der Waals surface area contributed by atoms with Gasteiger partial charge in [-0.1, -0.05) is 6.07 Å². The van der Waals surface area contributed by atoms with Crippen LogP contribution in [-0.2, 0) is 9.47 Å². The van der Waals surface area contributed by atoms with E-state index in [1.54, 1.807) is 32.5 Å². The summed E-state index contributed by atoms with van der Waals surface area (Å²) in [5.41, 5.74) is 0. The molecule has 0 saturated heterocycles. The Hall–Kier alpha value is -1.85. The lowest BCUT2D eigenvalue weighted by Gasteiger charge is -2.15. The number of nitrogens with one attached hydrogen (secondary N) is 1. The number of pyridine rings is 1. The molecule has 2 rings (SSSR count). The number of phenolic OH excluding ortho intramolecular Hbond substituents is 1. The highest BCUT2D eigenvalue weighted by atomic mass is 16.7. The summed E-state index contributed by atoms with van der Waals surface area (Å²) in [5.74, 6) is 0.913. The fraction of sp³-hybridized carbons (Fsp3) is 0.308. The third-order valence-electron chi connectivity index (χ3n) is 2.71. The zero-order valence-electron chi connectivity index (χ0n) is 10.4. The third-order valence-corrected chi connectivity index (χ3v) is 2.71. The van der Waals surface area contributed by atoms with Crippen LogP contribution in [0.2, 0.25) is 0 Å². The van der Waals surface area contributed by atoms with E-state index in [2.05, 4.69) is 10.3 Å². The Morgan fingerprint density at radius 2 is 2.06 bits per heavy atom. The molecule has 0 aliphatic heterocycles. The van der Waals surface area contributed by atoms with Gasteiger partial charge in [-0.05, 0) is 23.6 Å². The van der Waals surface area contributed by atoms with E-state index in [9.17, 15) is 5.11 Å². The molecule has 0 unspecified atom stereocenters. The normalized spacial score (nSPS) is 11.1. The molecule has 0 spiro atoms. The van der Waals surface area contributed by atoms with Crippen molar-refractivity contribution in [3.05, 3.63) is 30.5 Å². The van der Waals surface area contributed by atoms with Gasteiger partial charge in [0.2, 0.25) is 0 Å². The number of methoxy groups -OCH3 is 2. The number of benzene rings is 1. The summed E-state index contributed by atoms with van der Waals surface area (Å²) in [4.78, 5) is 4.26. The van der Waals surface area contributed by atoms with Crippen LogP contribution in [0.25, 0.3) is 10.8 Å². The van der Waals surface area contributed by atoms with Crippen LogP contribution in [0.15, 0.2) is 30.5 Å². The number of ether oxygens (including phenoxy) is 2. The molecule has 2 N–H and O–H groups in total. The predicted molar refractivity (Wildman–Crippen MR) is 69.7 cm³/mol. The molecule has 0 radical (unpaired) electrons. The Balaban J connectivity index is 2.24. The van der Waals surface area contributed by atoms with Crippen molar-refractivity contribution in [1.29, 1.82) is 0 Å². The highest BCUT2D eigenvalue weighted by Gasteiger charge is 2.07. The maximum Gasteiger partial charge on any atom is 0.173 e. The zero-order valence-corrected chi connectivity index (χ0v) is 10.4. The van der Waals surface area contributed by atoms with Crippen molar-refractivity contribution in [3.8, 4) is 5.75 Å². The second-order valence-electron chi connectivity index (χ2n) is 3.85. The SMILES string of the molecule is COC(CNc1nccc2ccc(O)cc12)OC. The quantitative estimate of drug-likeness (QED) is 0.792. The molecule has 2 aromatic rings. The van der Waals surface area contributed by atoms with Crippen molar-refractivity contribution in [2.24, 2.45) is 0 Å². The summed E-state index contributed by atoms with van der Waals surface area (Å²) >= 11 is 0. The minimum atomic E-state index is -0.334. The molecule has 18 heavy (non-hydrogen) atoms. The van der Waals surface area contributed by atoms with E-state index in [4.69, 9.17) is 9.47 Å². The molecule has 1 aromatic heterocycles. The molecule has 0 fully saturated rings. The molecular formula is C13H16N2O3. The Morgan fingerprint density at radius 1 is 1.28 bits per heavy atom. The fourth-order valence-corrected chi connectivity index (χ4v) is 1.74. The predicted octanol–water partition coefficient (Wildman–Crippen LogP) is 1.97. The van der Waals surface area contributed by atoms with Crippen LogP contribution < -0.4 is 5.32 Å².